The van der Waals surface area contributed by atoms with E-state index in [0.717, 1.165) is 0 Å². The van der Waals surface area contributed by atoms with E-state index in [1.165, 1.54) is 0 Å². The summed E-state index contributed by atoms with van der Waals surface area (Å²) in [4.78, 5) is 11.5. The van der Waals surface area contributed by atoms with Crippen LogP contribution >= 0.6 is 0 Å². The van der Waals surface area contributed by atoms with Gasteiger partial charge < -0.3 is 0 Å². The van der Waals surface area contributed by atoms with Crippen molar-refractivity contribution in [3.63, 3.8) is 0 Å². The molecule has 0 aromatic rings. The molecule has 0 spiro atoms. The lowest BCUT2D eigenvalue weighted by Gasteiger charge is -2.12. The summed E-state index contributed by atoms with van der Waals surface area (Å²) in [7, 11) is 0. The summed E-state index contributed by atoms with van der Waals surface area (Å²) >= 11 is 0. The zero-order valence-corrected chi connectivity index (χ0v) is 4.53. The molecule has 8 heavy (non-hydrogen) atoms. The van der Waals surface area contributed by atoms with Crippen molar-refractivity contribution in [2.75, 3.05) is 0 Å². The molecule has 0 aliphatic heterocycles. The van der Waals surface area contributed by atoms with Gasteiger partial charge in [0.2, 0.25) is 0 Å². The quantitative estimate of drug-likeness (QED) is 0.473. The second-order valence-electron chi connectivity index (χ2n) is 2.18. The van der Waals surface area contributed by atoms with Gasteiger partial charge in [0.25, 0.3) is 0 Å². The van der Waals surface area contributed by atoms with Crippen LogP contribution < -0.4 is 0 Å². The first-order valence-electron chi connectivity index (χ1n) is 5.66. The van der Waals surface area contributed by atoms with Gasteiger partial charge in [0.1, 0.15) is 5.78 Å². The zero-order valence-electron chi connectivity index (χ0n) is 10.5. The Hall–Kier alpha value is -0.330. The van der Waals surface area contributed by atoms with E-state index < -0.39 is 24.9 Å². The fraction of sp³-hybridized carbons (Fsp3) is 0.857. The second kappa shape index (κ2) is 1.57. The Morgan fingerprint density at radius 1 is 1.75 bits per heavy atom. The van der Waals surface area contributed by atoms with Crippen LogP contribution in [0.15, 0.2) is 0 Å². The van der Waals surface area contributed by atoms with E-state index in [1.807, 2.05) is 0 Å². The highest BCUT2D eigenvalue weighted by Gasteiger charge is 2.31. The maximum atomic E-state index is 11.5. The predicted molar refractivity (Wildman–Crippen MR) is 32.6 cm³/mol. The van der Waals surface area contributed by atoms with Crippen LogP contribution in [0.1, 0.15) is 41.2 Å². The number of hydrogen-bond donors (Lipinski definition) is 0. The molecule has 1 fully saturated rings. The number of carbonyl (C=O) groups excluding carboxylic acids is 1. The Morgan fingerprint density at radius 2 is 2.50 bits per heavy atom. The molecule has 1 aliphatic rings. The average Bonchev–Trinajstić information content (AvgIpc) is 2.27. The van der Waals surface area contributed by atoms with Gasteiger partial charge in [-0.1, -0.05) is 13.7 Å². The summed E-state index contributed by atoms with van der Waals surface area (Å²) in [6.07, 6.45) is 0.366. The molecular formula is C7H12O. The monoisotopic (exact) mass is 118 g/mol. The highest BCUT2D eigenvalue weighted by Crippen LogP contribution is 2.32. The van der Waals surface area contributed by atoms with Gasteiger partial charge in [0.15, 0.2) is 0 Å². The van der Waals surface area contributed by atoms with E-state index >= 15 is 0 Å². The molecule has 0 unspecified atom stereocenters. The lowest BCUT2D eigenvalue weighted by Crippen LogP contribution is -2.15. The third-order valence-corrected chi connectivity index (χ3v) is 1.43. The molecule has 1 aliphatic carbocycles. The Labute approximate surface area is 58.5 Å². The van der Waals surface area contributed by atoms with Crippen molar-refractivity contribution < 1.29 is 13.0 Å². The van der Waals surface area contributed by atoms with Crippen LogP contribution in [-0.4, -0.2) is 5.78 Å². The first-order valence-corrected chi connectivity index (χ1v) is 2.66. The van der Waals surface area contributed by atoms with Gasteiger partial charge in [-0.25, -0.2) is 0 Å². The standard InChI is InChI=1S/C7H12O/c1-7(2)5-3-4-6(7)8/h3-5H2,1-2H3/i1D3,2D3. The molecule has 1 rings (SSSR count). The van der Waals surface area contributed by atoms with Crippen LogP contribution in [0.25, 0.3) is 0 Å². The summed E-state index contributed by atoms with van der Waals surface area (Å²) in [5, 5.41) is 0. The van der Waals surface area contributed by atoms with Crippen molar-refractivity contribution in [1.29, 1.82) is 0 Å². The Kier molecular flexibility index (Phi) is 0.359. The highest BCUT2D eigenvalue weighted by molar-refractivity contribution is 5.85. The van der Waals surface area contributed by atoms with Crippen molar-refractivity contribution in [2.24, 2.45) is 5.41 Å². The Morgan fingerprint density at radius 3 is 2.75 bits per heavy atom. The van der Waals surface area contributed by atoms with Crippen molar-refractivity contribution >= 4 is 5.78 Å². The fourth-order valence-electron chi connectivity index (χ4n) is 0.867. The van der Waals surface area contributed by atoms with E-state index in [2.05, 4.69) is 0 Å². The molecule has 1 nitrogen and oxygen atoms in total. The van der Waals surface area contributed by atoms with Crippen LogP contribution in [0.5, 0.6) is 0 Å². The number of hydrogen-bond acceptors (Lipinski definition) is 1. The van der Waals surface area contributed by atoms with Crippen LogP contribution in [0.2, 0.25) is 0 Å². The normalized spacial score (nSPS) is 40.8. The second-order valence-corrected chi connectivity index (χ2v) is 2.18. The summed E-state index contributed by atoms with van der Waals surface area (Å²) in [5.41, 5.74) is -2.11. The maximum absolute atomic E-state index is 11.5. The van der Waals surface area contributed by atoms with Crippen molar-refractivity contribution in [3.8, 4) is 0 Å². The SMILES string of the molecule is [2H]C([2H])([2H])C1(C([2H])([2H])[2H])CCCC1=O. The third-order valence-electron chi connectivity index (χ3n) is 1.43. The number of rotatable bonds is 0. The van der Waals surface area contributed by atoms with Crippen LogP contribution in [0, 0.1) is 5.41 Å². The molecule has 0 N–H and O–H groups in total. The number of ketones is 1. The molecule has 1 heteroatoms. The molecule has 0 radical (unpaired) electrons. The minimum Gasteiger partial charge on any atom is -0.299 e. The zero-order chi connectivity index (χ0) is 11.2. The molecular weight excluding hydrogens is 100 g/mol. The summed E-state index contributed by atoms with van der Waals surface area (Å²) in [5.74, 6) is -0.641. The Bertz CT molecular complexity index is 236. The lowest BCUT2D eigenvalue weighted by molar-refractivity contribution is -0.124. The van der Waals surface area contributed by atoms with Crippen LogP contribution in [0.4, 0.5) is 0 Å². The smallest absolute Gasteiger partial charge is 0.138 e. The first kappa shape index (κ1) is 1.83. The molecule has 0 heterocycles. The van der Waals surface area contributed by atoms with E-state index in [1.54, 1.807) is 0 Å². The summed E-state index contributed by atoms with van der Waals surface area (Å²) in [6, 6.07) is 0. The van der Waals surface area contributed by atoms with Gasteiger partial charge in [0, 0.05) is 20.1 Å². The fourth-order valence-corrected chi connectivity index (χ4v) is 0.867. The number of Topliss-reactive ketones (excluding diaryl/α,β-unsaturated/α-hetero) is 1. The lowest BCUT2D eigenvalue weighted by atomic mass is 9.91. The van der Waals surface area contributed by atoms with Gasteiger partial charge in [0.05, 0.1) is 0 Å². The molecule has 0 atom stereocenters. The molecule has 1 saturated carbocycles. The molecule has 0 aromatic heterocycles. The molecule has 0 amide bonds. The molecule has 46 valence electrons. The number of carbonyl (C=O) groups is 1. The average molecular weight is 118 g/mol. The van der Waals surface area contributed by atoms with E-state index in [-0.39, 0.29) is 12.8 Å². The topological polar surface area (TPSA) is 17.1 Å². The molecule has 0 bridgehead atoms. The molecule has 0 saturated heterocycles. The summed E-state index contributed by atoms with van der Waals surface area (Å²) in [6.45, 7) is -5.46. The largest absolute Gasteiger partial charge is 0.299 e. The van der Waals surface area contributed by atoms with Crippen LogP contribution in [-0.2, 0) is 4.79 Å². The maximum Gasteiger partial charge on any atom is 0.138 e. The first-order chi connectivity index (χ1) is 6.13. The van der Waals surface area contributed by atoms with Gasteiger partial charge in [-0.05, 0) is 12.8 Å². The van der Waals surface area contributed by atoms with Crippen molar-refractivity contribution in [1.82, 2.24) is 0 Å². The predicted octanol–water partition coefficient (Wildman–Crippen LogP) is 1.77. The van der Waals surface area contributed by atoms with Crippen molar-refractivity contribution in [2.45, 2.75) is 33.0 Å². The van der Waals surface area contributed by atoms with Gasteiger partial charge in [-0.2, -0.15) is 0 Å². The van der Waals surface area contributed by atoms with E-state index in [9.17, 15) is 4.79 Å². The van der Waals surface area contributed by atoms with Crippen molar-refractivity contribution in [3.05, 3.63) is 0 Å². The highest BCUT2D eigenvalue weighted by atomic mass is 16.1. The molecule has 0 aromatic carbocycles. The third kappa shape index (κ3) is 0.770. The van der Waals surface area contributed by atoms with Gasteiger partial charge >= 0.3 is 0 Å². The van der Waals surface area contributed by atoms with Gasteiger partial charge in [-0.15, -0.1) is 0 Å². The van der Waals surface area contributed by atoms with E-state index in [0.29, 0.717) is 6.42 Å². The minimum atomic E-state index is -2.73. The van der Waals surface area contributed by atoms with E-state index in [4.69, 9.17) is 8.22 Å². The Balaban J connectivity index is 3.23. The van der Waals surface area contributed by atoms with Gasteiger partial charge in [-0.3, -0.25) is 4.79 Å². The minimum absolute atomic E-state index is 0.0567. The van der Waals surface area contributed by atoms with Crippen LogP contribution in [0.3, 0.4) is 0 Å². The summed E-state index contributed by atoms with van der Waals surface area (Å²) < 4.78 is 43.3.